The molecule has 2 heterocycles. The summed E-state index contributed by atoms with van der Waals surface area (Å²) in [5.74, 6) is 0.521. The Morgan fingerprint density at radius 1 is 1.05 bits per heavy atom. The molecule has 5 nitrogen and oxygen atoms in total. The molecule has 7 heteroatoms. The van der Waals surface area contributed by atoms with Gasteiger partial charge in [0.15, 0.2) is 5.78 Å². The maximum Gasteiger partial charge on any atom is 0.185 e. The second kappa shape index (κ2) is 5.72. The van der Waals surface area contributed by atoms with Crippen molar-refractivity contribution in [1.82, 2.24) is 19.2 Å². The maximum absolute atomic E-state index is 12.5. The van der Waals surface area contributed by atoms with E-state index in [9.17, 15) is 4.79 Å². The highest BCUT2D eigenvalue weighted by molar-refractivity contribution is 7.03. The van der Waals surface area contributed by atoms with Gasteiger partial charge in [0.2, 0.25) is 0 Å². The van der Waals surface area contributed by atoms with Crippen LogP contribution in [-0.4, -0.2) is 25.0 Å². The lowest BCUT2D eigenvalue weighted by molar-refractivity contribution is -0.113. The fourth-order valence-corrected chi connectivity index (χ4v) is 3.11. The van der Waals surface area contributed by atoms with Gasteiger partial charge in [0.1, 0.15) is 0 Å². The Balaban J connectivity index is 1.92. The van der Waals surface area contributed by atoms with E-state index in [0.29, 0.717) is 5.92 Å². The summed E-state index contributed by atoms with van der Waals surface area (Å²) in [6.07, 6.45) is 5.25. The first-order valence-electron chi connectivity index (χ1n) is 6.22. The number of hydrogen-bond acceptors (Lipinski definition) is 7. The van der Waals surface area contributed by atoms with Gasteiger partial charge in [0.25, 0.3) is 0 Å². The highest BCUT2D eigenvalue weighted by atomic mass is 32.1. The predicted molar refractivity (Wildman–Crippen MR) is 79.2 cm³/mol. The second-order valence-electron chi connectivity index (χ2n) is 4.84. The summed E-state index contributed by atoms with van der Waals surface area (Å²) in [6, 6.07) is 0. The first-order chi connectivity index (χ1) is 9.72. The van der Waals surface area contributed by atoms with Crippen molar-refractivity contribution in [3.63, 3.8) is 0 Å². The lowest BCUT2D eigenvalue weighted by Crippen LogP contribution is -2.18. The van der Waals surface area contributed by atoms with E-state index in [0.717, 1.165) is 35.4 Å². The molecule has 1 aliphatic rings. The average Bonchev–Trinajstić information content (AvgIpc) is 3.08. The van der Waals surface area contributed by atoms with Crippen LogP contribution in [0.2, 0.25) is 0 Å². The third-order valence-electron chi connectivity index (χ3n) is 3.12. The largest absolute Gasteiger partial charge is 0.289 e. The smallest absolute Gasteiger partial charge is 0.185 e. The molecule has 0 spiro atoms. The van der Waals surface area contributed by atoms with E-state index in [1.54, 1.807) is 0 Å². The number of hydrogen-bond donors (Lipinski definition) is 0. The zero-order valence-electron chi connectivity index (χ0n) is 10.8. The van der Waals surface area contributed by atoms with Crippen molar-refractivity contribution in [1.29, 1.82) is 0 Å². The molecule has 0 aromatic carbocycles. The standard InChI is InChI=1S/C13H12N4OS2/c1-8-2-9(4-11-6-19-16-14-11)13(18)10(3-8)5-12-7-20-17-15-12/h4-8H,2-3H2,1H3/b9-4+,10-5+. The Bertz CT molecular complexity index is 602. The molecule has 0 saturated heterocycles. The van der Waals surface area contributed by atoms with E-state index in [2.05, 4.69) is 26.1 Å². The van der Waals surface area contributed by atoms with Crippen molar-refractivity contribution >= 4 is 41.0 Å². The van der Waals surface area contributed by atoms with Crippen LogP contribution in [0.1, 0.15) is 31.2 Å². The van der Waals surface area contributed by atoms with Gasteiger partial charge < -0.3 is 0 Å². The molecule has 0 radical (unpaired) electrons. The zero-order chi connectivity index (χ0) is 13.9. The monoisotopic (exact) mass is 304 g/mol. The van der Waals surface area contributed by atoms with E-state index < -0.39 is 0 Å². The number of rotatable bonds is 2. The minimum Gasteiger partial charge on any atom is -0.289 e. The Morgan fingerprint density at radius 3 is 1.95 bits per heavy atom. The molecule has 1 saturated carbocycles. The van der Waals surface area contributed by atoms with Gasteiger partial charge in [-0.25, -0.2) is 0 Å². The fraction of sp³-hybridized carbons (Fsp3) is 0.308. The van der Waals surface area contributed by atoms with Crippen LogP contribution in [0.5, 0.6) is 0 Å². The molecule has 0 atom stereocenters. The van der Waals surface area contributed by atoms with Gasteiger partial charge in [0.05, 0.1) is 11.4 Å². The number of aromatic nitrogens is 4. The third-order valence-corrected chi connectivity index (χ3v) is 4.16. The molecule has 1 fully saturated rings. The SMILES string of the molecule is CC1C/C(=C\c2csnn2)C(=O)/C(=C/c2csnn2)C1. The molecule has 102 valence electrons. The first-order valence-corrected chi connectivity index (χ1v) is 7.89. The summed E-state index contributed by atoms with van der Waals surface area (Å²) in [6.45, 7) is 2.15. The maximum atomic E-state index is 12.5. The minimum atomic E-state index is 0.0871. The predicted octanol–water partition coefficient (Wildman–Crippen LogP) is 2.86. The van der Waals surface area contributed by atoms with Crippen LogP contribution in [0, 0.1) is 5.92 Å². The van der Waals surface area contributed by atoms with Gasteiger partial charge >= 0.3 is 0 Å². The second-order valence-corrected chi connectivity index (χ2v) is 6.06. The third kappa shape index (κ3) is 2.88. The van der Waals surface area contributed by atoms with Crippen LogP contribution >= 0.6 is 23.1 Å². The summed E-state index contributed by atoms with van der Waals surface area (Å²) < 4.78 is 7.63. The van der Waals surface area contributed by atoms with Gasteiger partial charge in [-0.1, -0.05) is 15.9 Å². The Hall–Kier alpha value is -1.73. The number of allylic oxidation sites excluding steroid dienone is 2. The molecule has 0 N–H and O–H groups in total. The van der Waals surface area contributed by atoms with Crippen LogP contribution in [0.15, 0.2) is 21.9 Å². The zero-order valence-corrected chi connectivity index (χ0v) is 12.4. The summed E-state index contributed by atoms with van der Waals surface area (Å²) in [5.41, 5.74) is 3.10. The van der Waals surface area contributed by atoms with Crippen LogP contribution in [0.25, 0.3) is 12.2 Å². The highest BCUT2D eigenvalue weighted by Gasteiger charge is 2.25. The molecule has 20 heavy (non-hydrogen) atoms. The number of Topliss-reactive ketones (excluding diaryl/α,β-unsaturated/α-hetero) is 1. The van der Waals surface area contributed by atoms with Crippen LogP contribution in [0.3, 0.4) is 0 Å². The number of carbonyl (C=O) groups excluding carboxylic acids is 1. The van der Waals surface area contributed by atoms with E-state index in [1.807, 2.05) is 22.9 Å². The van der Waals surface area contributed by atoms with Crippen molar-refractivity contribution in [2.24, 2.45) is 5.92 Å². The number of nitrogens with zero attached hydrogens (tertiary/aromatic N) is 4. The molecule has 2 aromatic heterocycles. The van der Waals surface area contributed by atoms with Crippen LogP contribution in [0.4, 0.5) is 0 Å². The van der Waals surface area contributed by atoms with E-state index in [-0.39, 0.29) is 5.78 Å². The van der Waals surface area contributed by atoms with Crippen molar-refractivity contribution in [2.75, 3.05) is 0 Å². The summed E-state index contributed by atoms with van der Waals surface area (Å²) >= 11 is 2.57. The number of ketones is 1. The van der Waals surface area contributed by atoms with Crippen molar-refractivity contribution < 1.29 is 4.79 Å². The normalized spacial score (nSPS) is 23.6. The van der Waals surface area contributed by atoms with E-state index in [4.69, 9.17) is 0 Å². The lowest BCUT2D eigenvalue weighted by Gasteiger charge is -2.22. The molecule has 0 bridgehead atoms. The molecule has 1 aliphatic carbocycles. The van der Waals surface area contributed by atoms with Crippen molar-refractivity contribution in [2.45, 2.75) is 19.8 Å². The van der Waals surface area contributed by atoms with Crippen LogP contribution < -0.4 is 0 Å². The van der Waals surface area contributed by atoms with Crippen molar-refractivity contribution in [3.05, 3.63) is 33.3 Å². The van der Waals surface area contributed by atoms with Crippen LogP contribution in [-0.2, 0) is 4.79 Å². The van der Waals surface area contributed by atoms with Crippen molar-refractivity contribution in [3.8, 4) is 0 Å². The topological polar surface area (TPSA) is 68.6 Å². The fourth-order valence-electron chi connectivity index (χ4n) is 2.29. The van der Waals surface area contributed by atoms with Gasteiger partial charge in [-0.05, 0) is 54.0 Å². The number of carbonyl (C=O) groups is 1. The van der Waals surface area contributed by atoms with E-state index >= 15 is 0 Å². The quantitative estimate of drug-likeness (QED) is 0.798. The molecule has 0 unspecified atom stereocenters. The molecule has 0 aliphatic heterocycles. The van der Waals surface area contributed by atoms with Gasteiger partial charge in [0, 0.05) is 21.9 Å². The highest BCUT2D eigenvalue weighted by Crippen LogP contribution is 2.31. The minimum absolute atomic E-state index is 0.0871. The van der Waals surface area contributed by atoms with Gasteiger partial charge in [-0.3, -0.25) is 4.79 Å². The summed E-state index contributed by atoms with van der Waals surface area (Å²) in [7, 11) is 0. The summed E-state index contributed by atoms with van der Waals surface area (Å²) in [5, 5.41) is 11.6. The Kier molecular flexibility index (Phi) is 3.79. The Labute approximate surface area is 124 Å². The first kappa shape index (κ1) is 13.3. The van der Waals surface area contributed by atoms with Gasteiger partial charge in [-0.2, -0.15) is 0 Å². The van der Waals surface area contributed by atoms with Gasteiger partial charge in [-0.15, -0.1) is 10.2 Å². The summed E-state index contributed by atoms with van der Waals surface area (Å²) in [4.78, 5) is 12.5. The molecular formula is C13H12N4OS2. The molecule has 0 amide bonds. The van der Waals surface area contributed by atoms with E-state index in [1.165, 1.54) is 23.1 Å². The lowest BCUT2D eigenvalue weighted by atomic mass is 9.81. The molecule has 3 rings (SSSR count). The average molecular weight is 304 g/mol. The Morgan fingerprint density at radius 2 is 1.55 bits per heavy atom. The molecular weight excluding hydrogens is 292 g/mol. The molecule has 2 aromatic rings.